The molecule has 2 aliphatic heterocycles. The maximum atomic E-state index is 13.2. The predicted octanol–water partition coefficient (Wildman–Crippen LogP) is 3.45. The van der Waals surface area contributed by atoms with Gasteiger partial charge in [-0.3, -0.25) is 4.90 Å². The normalized spacial score (nSPS) is 16.6. The zero-order valence-corrected chi connectivity index (χ0v) is 23.7. The number of aromatic nitrogens is 2. The quantitative estimate of drug-likeness (QED) is 0.486. The maximum Gasteiger partial charge on any atom is 0.410 e. The minimum Gasteiger partial charge on any atom is -0.462 e. The third-order valence-corrected chi connectivity index (χ3v) is 6.52. The van der Waals surface area contributed by atoms with Crippen LogP contribution in [0.3, 0.4) is 0 Å². The van der Waals surface area contributed by atoms with Crippen LogP contribution in [0.5, 0.6) is 0 Å². The molecule has 2 aromatic rings. The number of ether oxygens (including phenoxy) is 3. The lowest BCUT2D eigenvalue weighted by Gasteiger charge is -2.38. The summed E-state index contributed by atoms with van der Waals surface area (Å²) in [6, 6.07) is 9.88. The number of morpholine rings is 1. The number of esters is 1. The lowest BCUT2D eigenvalue weighted by molar-refractivity contribution is 0.0146. The summed E-state index contributed by atoms with van der Waals surface area (Å²) in [4.78, 5) is 43.5. The summed E-state index contributed by atoms with van der Waals surface area (Å²) >= 11 is 0. The van der Waals surface area contributed by atoms with Crippen LogP contribution in [0.2, 0.25) is 0 Å². The predicted molar refractivity (Wildman–Crippen MR) is 149 cm³/mol. The monoisotopic (exact) mass is 540 g/mol. The Morgan fingerprint density at radius 3 is 2.28 bits per heavy atom. The van der Waals surface area contributed by atoms with Crippen molar-refractivity contribution in [1.82, 2.24) is 19.8 Å². The number of anilines is 3. The third-order valence-electron chi connectivity index (χ3n) is 6.52. The van der Waals surface area contributed by atoms with Crippen molar-refractivity contribution in [3.63, 3.8) is 0 Å². The number of benzene rings is 1. The smallest absolute Gasteiger partial charge is 0.410 e. The Kier molecular flexibility index (Phi) is 9.24. The molecule has 0 radical (unpaired) electrons. The molecule has 0 N–H and O–H groups in total. The Hall–Kier alpha value is -3.44. The molecule has 0 aliphatic carbocycles. The number of nitrogens with zero attached hydrogens (tertiary/aromatic N) is 6. The number of para-hydroxylation sites is 1. The highest BCUT2D eigenvalue weighted by Crippen LogP contribution is 2.31. The van der Waals surface area contributed by atoms with Gasteiger partial charge in [-0.1, -0.05) is 18.2 Å². The Balaban J connectivity index is 1.65. The van der Waals surface area contributed by atoms with Crippen LogP contribution in [-0.4, -0.2) is 103 Å². The van der Waals surface area contributed by atoms with Gasteiger partial charge in [0.05, 0.1) is 32.2 Å². The minimum atomic E-state index is -0.537. The summed E-state index contributed by atoms with van der Waals surface area (Å²) in [5.41, 5.74) is 1.27. The molecule has 39 heavy (non-hydrogen) atoms. The van der Waals surface area contributed by atoms with Crippen molar-refractivity contribution in [2.24, 2.45) is 0 Å². The molecule has 2 saturated heterocycles. The van der Waals surface area contributed by atoms with Crippen molar-refractivity contribution in [1.29, 1.82) is 0 Å². The van der Waals surface area contributed by atoms with Crippen LogP contribution < -0.4 is 9.80 Å². The average Bonchev–Trinajstić information content (AvgIpc) is 2.91. The standard InChI is InChI=1S/C28H40N6O5/c1-6-38-25(35)23-21(2)29-26(32-16-18-37-19-17-32)30-24(23)34(22-10-8-7-9-11-22)20-31-12-14-33(15-13-31)27(36)39-28(3,4)5/h7-11H,6,12-20H2,1-5H3. The first-order valence-electron chi connectivity index (χ1n) is 13.6. The first kappa shape index (κ1) is 28.6. The van der Waals surface area contributed by atoms with Crippen LogP contribution in [0.25, 0.3) is 0 Å². The first-order valence-corrected chi connectivity index (χ1v) is 13.6. The first-order chi connectivity index (χ1) is 18.7. The highest BCUT2D eigenvalue weighted by atomic mass is 16.6. The van der Waals surface area contributed by atoms with Crippen molar-refractivity contribution in [3.8, 4) is 0 Å². The number of hydrogen-bond acceptors (Lipinski definition) is 10. The molecular formula is C28H40N6O5. The summed E-state index contributed by atoms with van der Waals surface area (Å²) in [5.74, 6) is 0.618. The fourth-order valence-electron chi connectivity index (χ4n) is 4.56. The second-order valence-electron chi connectivity index (χ2n) is 10.6. The molecule has 0 unspecified atom stereocenters. The van der Waals surface area contributed by atoms with Gasteiger partial charge in [-0.2, -0.15) is 4.98 Å². The van der Waals surface area contributed by atoms with E-state index in [9.17, 15) is 9.59 Å². The van der Waals surface area contributed by atoms with Crippen molar-refractivity contribution in [2.75, 3.05) is 75.6 Å². The molecule has 3 heterocycles. The summed E-state index contributed by atoms with van der Waals surface area (Å²) in [6.45, 7) is 14.9. The Bertz CT molecular complexity index is 1130. The molecule has 0 bridgehead atoms. The van der Waals surface area contributed by atoms with E-state index < -0.39 is 11.6 Å². The number of carbonyl (C=O) groups is 2. The van der Waals surface area contributed by atoms with Crippen molar-refractivity contribution in [2.45, 2.75) is 40.2 Å². The van der Waals surface area contributed by atoms with E-state index in [0.717, 1.165) is 5.69 Å². The zero-order chi connectivity index (χ0) is 28.0. The molecule has 4 rings (SSSR count). The summed E-state index contributed by atoms with van der Waals surface area (Å²) in [7, 11) is 0. The molecule has 0 spiro atoms. The molecule has 1 aromatic carbocycles. The average molecular weight is 541 g/mol. The van der Waals surface area contributed by atoms with E-state index >= 15 is 0 Å². The molecule has 11 nitrogen and oxygen atoms in total. The van der Waals surface area contributed by atoms with Gasteiger partial charge in [0, 0.05) is 45.0 Å². The zero-order valence-electron chi connectivity index (χ0n) is 23.7. The Morgan fingerprint density at radius 1 is 1.00 bits per heavy atom. The fourth-order valence-corrected chi connectivity index (χ4v) is 4.56. The molecule has 2 aliphatic rings. The topological polar surface area (TPSA) is 101 Å². The second kappa shape index (κ2) is 12.6. The van der Waals surface area contributed by atoms with Crippen LogP contribution in [0, 0.1) is 6.92 Å². The number of rotatable bonds is 7. The van der Waals surface area contributed by atoms with Crippen LogP contribution in [0.1, 0.15) is 43.7 Å². The van der Waals surface area contributed by atoms with Crippen LogP contribution in [0.15, 0.2) is 30.3 Å². The Labute approximate surface area is 230 Å². The summed E-state index contributed by atoms with van der Waals surface area (Å²) in [6.07, 6.45) is -0.298. The third kappa shape index (κ3) is 7.36. The van der Waals surface area contributed by atoms with Gasteiger partial charge >= 0.3 is 12.1 Å². The number of hydrogen-bond donors (Lipinski definition) is 0. The van der Waals surface area contributed by atoms with E-state index in [1.54, 1.807) is 11.8 Å². The van der Waals surface area contributed by atoms with Crippen LogP contribution >= 0.6 is 0 Å². The number of carbonyl (C=O) groups excluding carboxylic acids is 2. The minimum absolute atomic E-state index is 0.251. The van der Waals surface area contributed by atoms with Gasteiger partial charge in [-0.15, -0.1) is 0 Å². The van der Waals surface area contributed by atoms with Gasteiger partial charge in [0.25, 0.3) is 0 Å². The van der Waals surface area contributed by atoms with E-state index in [0.29, 0.717) is 82.2 Å². The van der Waals surface area contributed by atoms with E-state index in [1.807, 2.05) is 62.9 Å². The van der Waals surface area contributed by atoms with Gasteiger partial charge in [-0.25, -0.2) is 14.6 Å². The van der Waals surface area contributed by atoms with Gasteiger partial charge in [0.1, 0.15) is 11.2 Å². The molecule has 1 aromatic heterocycles. The molecule has 0 saturated carbocycles. The SMILES string of the molecule is CCOC(=O)c1c(C)nc(N2CCOCC2)nc1N(CN1CCN(C(=O)OC(C)(C)C)CC1)c1ccccc1. The maximum absolute atomic E-state index is 13.2. The second-order valence-corrected chi connectivity index (χ2v) is 10.6. The lowest BCUT2D eigenvalue weighted by atomic mass is 10.2. The highest BCUT2D eigenvalue weighted by Gasteiger charge is 2.30. The van der Waals surface area contributed by atoms with Gasteiger partial charge in [0.15, 0.2) is 5.82 Å². The van der Waals surface area contributed by atoms with Crippen LogP contribution in [-0.2, 0) is 14.2 Å². The number of amides is 1. The highest BCUT2D eigenvalue weighted by molar-refractivity contribution is 5.97. The van der Waals surface area contributed by atoms with Crippen LogP contribution in [0.4, 0.5) is 22.2 Å². The van der Waals surface area contributed by atoms with Crippen molar-refractivity contribution >= 4 is 29.5 Å². The molecule has 212 valence electrons. The molecular weight excluding hydrogens is 500 g/mol. The van der Waals surface area contributed by atoms with E-state index in [2.05, 4.69) is 9.80 Å². The molecule has 0 atom stereocenters. The lowest BCUT2D eigenvalue weighted by Crippen LogP contribution is -2.52. The van der Waals surface area contributed by atoms with E-state index in [1.165, 1.54) is 0 Å². The van der Waals surface area contributed by atoms with E-state index in [4.69, 9.17) is 24.2 Å². The van der Waals surface area contributed by atoms with Gasteiger partial charge < -0.3 is 28.9 Å². The van der Waals surface area contributed by atoms with Gasteiger partial charge in [0.2, 0.25) is 5.95 Å². The molecule has 11 heteroatoms. The van der Waals surface area contributed by atoms with Crippen molar-refractivity contribution < 1.29 is 23.8 Å². The number of piperazine rings is 1. The molecule has 2 fully saturated rings. The largest absolute Gasteiger partial charge is 0.462 e. The fraction of sp³-hybridized carbons (Fsp3) is 0.571. The van der Waals surface area contributed by atoms with Crippen molar-refractivity contribution in [3.05, 3.63) is 41.6 Å². The van der Waals surface area contributed by atoms with E-state index in [-0.39, 0.29) is 12.7 Å². The number of aryl methyl sites for hydroxylation is 1. The molecule has 1 amide bonds. The summed E-state index contributed by atoms with van der Waals surface area (Å²) in [5, 5.41) is 0. The van der Waals surface area contributed by atoms with Gasteiger partial charge in [-0.05, 0) is 46.8 Å². The Morgan fingerprint density at radius 2 is 1.67 bits per heavy atom. The summed E-state index contributed by atoms with van der Waals surface area (Å²) < 4.78 is 16.5.